The smallest absolute Gasteiger partial charge is 0.341 e. The number of nitrogens with one attached hydrogen (secondary N) is 1. The topological polar surface area (TPSA) is 64.6 Å². The molecular weight excluding hydrogens is 381 g/mol. The van der Waals surface area contributed by atoms with Gasteiger partial charge in [-0.25, -0.2) is 9.18 Å². The maximum absolute atomic E-state index is 13.3. The maximum atomic E-state index is 13.3. The Morgan fingerprint density at radius 3 is 2.50 bits per heavy atom. The third-order valence-corrected chi connectivity index (χ3v) is 4.92. The van der Waals surface area contributed by atoms with Crippen molar-refractivity contribution in [3.05, 3.63) is 87.9 Å². The molecule has 2 aromatic carbocycles. The Morgan fingerprint density at radius 1 is 1.07 bits per heavy atom. The van der Waals surface area contributed by atoms with Crippen molar-refractivity contribution in [1.29, 1.82) is 0 Å². The van der Waals surface area contributed by atoms with Crippen molar-refractivity contribution in [2.45, 2.75) is 6.04 Å². The fourth-order valence-electron chi connectivity index (χ4n) is 2.65. The molecule has 0 spiro atoms. The summed E-state index contributed by atoms with van der Waals surface area (Å²) in [6.07, 6.45) is 0. The molecule has 0 radical (unpaired) electrons. The number of hydrogen-bond donors (Lipinski definition) is 1. The van der Waals surface area contributed by atoms with E-state index in [1.807, 2.05) is 17.5 Å². The molecule has 3 rings (SSSR count). The van der Waals surface area contributed by atoms with E-state index in [1.165, 1.54) is 30.6 Å². The van der Waals surface area contributed by atoms with Crippen LogP contribution in [0.25, 0.3) is 0 Å². The molecule has 3 aromatic rings. The number of methoxy groups -OCH3 is 1. The monoisotopic (exact) mass is 399 g/mol. The quantitative estimate of drug-likeness (QED) is 0.611. The number of rotatable bonds is 7. The van der Waals surface area contributed by atoms with Crippen LogP contribution in [0.2, 0.25) is 0 Å². The van der Waals surface area contributed by atoms with Crippen molar-refractivity contribution in [3.8, 4) is 5.75 Å². The number of amides is 1. The van der Waals surface area contributed by atoms with E-state index in [9.17, 15) is 14.0 Å². The number of hydrogen-bond acceptors (Lipinski definition) is 5. The van der Waals surface area contributed by atoms with Gasteiger partial charge in [0.2, 0.25) is 0 Å². The Bertz CT molecular complexity index is 941. The molecule has 0 aliphatic rings. The van der Waals surface area contributed by atoms with Gasteiger partial charge in [-0.1, -0.05) is 30.3 Å². The van der Waals surface area contributed by atoms with Crippen molar-refractivity contribution in [2.24, 2.45) is 0 Å². The van der Waals surface area contributed by atoms with Crippen LogP contribution in [0.5, 0.6) is 5.75 Å². The highest BCUT2D eigenvalue weighted by Crippen LogP contribution is 2.26. The molecule has 1 N–H and O–H groups in total. The zero-order chi connectivity index (χ0) is 19.9. The fourth-order valence-corrected chi connectivity index (χ4v) is 3.45. The number of halogens is 1. The van der Waals surface area contributed by atoms with Gasteiger partial charge in [-0.15, -0.1) is 11.3 Å². The summed E-state index contributed by atoms with van der Waals surface area (Å²) in [6.45, 7) is -0.281. The highest BCUT2D eigenvalue weighted by Gasteiger charge is 2.19. The first kappa shape index (κ1) is 19.6. The van der Waals surface area contributed by atoms with E-state index in [2.05, 4.69) is 5.32 Å². The molecule has 0 unspecified atom stereocenters. The lowest BCUT2D eigenvalue weighted by atomic mass is 10.1. The van der Waals surface area contributed by atoms with Gasteiger partial charge in [0.05, 0.1) is 13.2 Å². The number of ether oxygens (including phenoxy) is 2. The van der Waals surface area contributed by atoms with Crippen LogP contribution in [-0.4, -0.2) is 25.6 Å². The van der Waals surface area contributed by atoms with Crippen LogP contribution in [0.15, 0.2) is 66.0 Å². The van der Waals surface area contributed by atoms with E-state index >= 15 is 0 Å². The molecule has 1 heterocycles. The standard InChI is InChI=1S/C21H18FNO4S/c1-26-21(25)16-5-2-3-6-17(16)27-13-19(24)23-20(18-7-4-12-28-18)14-8-10-15(22)11-9-14/h2-12,20H,13H2,1H3,(H,23,24)/t20-/m0/s1. The molecule has 28 heavy (non-hydrogen) atoms. The predicted octanol–water partition coefficient (Wildman–Crippen LogP) is 3.96. The van der Waals surface area contributed by atoms with E-state index < -0.39 is 12.0 Å². The Kier molecular flexibility index (Phi) is 6.39. The van der Waals surface area contributed by atoms with Gasteiger partial charge in [0.15, 0.2) is 6.61 Å². The van der Waals surface area contributed by atoms with Gasteiger partial charge in [0, 0.05) is 4.88 Å². The molecule has 0 aliphatic carbocycles. The van der Waals surface area contributed by atoms with Crippen LogP contribution in [0.1, 0.15) is 26.8 Å². The van der Waals surface area contributed by atoms with E-state index in [1.54, 1.807) is 36.4 Å². The summed E-state index contributed by atoms with van der Waals surface area (Å²) in [5, 5.41) is 4.80. The Hall–Kier alpha value is -3.19. The molecule has 7 heteroatoms. The van der Waals surface area contributed by atoms with Gasteiger partial charge in [0.1, 0.15) is 17.1 Å². The first-order chi connectivity index (χ1) is 13.6. The molecule has 1 aromatic heterocycles. The van der Waals surface area contributed by atoms with Crippen LogP contribution < -0.4 is 10.1 Å². The number of carbonyl (C=O) groups excluding carboxylic acids is 2. The minimum absolute atomic E-state index is 0.242. The largest absolute Gasteiger partial charge is 0.483 e. The molecule has 5 nitrogen and oxygen atoms in total. The van der Waals surface area contributed by atoms with Crippen LogP contribution in [-0.2, 0) is 9.53 Å². The zero-order valence-electron chi connectivity index (χ0n) is 15.1. The first-order valence-electron chi connectivity index (χ1n) is 8.47. The summed E-state index contributed by atoms with van der Waals surface area (Å²) in [5.74, 6) is -0.997. The van der Waals surface area contributed by atoms with E-state index in [4.69, 9.17) is 9.47 Å². The summed E-state index contributed by atoms with van der Waals surface area (Å²) >= 11 is 1.49. The minimum Gasteiger partial charge on any atom is -0.483 e. The highest BCUT2D eigenvalue weighted by atomic mass is 32.1. The molecule has 0 aliphatic heterocycles. The third kappa shape index (κ3) is 4.75. The van der Waals surface area contributed by atoms with Crippen LogP contribution >= 0.6 is 11.3 Å². The Morgan fingerprint density at radius 2 is 1.82 bits per heavy atom. The summed E-state index contributed by atoms with van der Waals surface area (Å²) in [5.41, 5.74) is 0.998. The van der Waals surface area contributed by atoms with Crippen LogP contribution in [0, 0.1) is 5.82 Å². The van der Waals surface area contributed by atoms with Gasteiger partial charge in [-0.3, -0.25) is 4.79 Å². The first-order valence-corrected chi connectivity index (χ1v) is 9.35. The van der Waals surface area contributed by atoms with Crippen LogP contribution in [0.3, 0.4) is 0 Å². The minimum atomic E-state index is -0.543. The normalized spacial score (nSPS) is 11.5. The predicted molar refractivity (Wildman–Crippen MR) is 104 cm³/mol. The Balaban J connectivity index is 1.72. The number of benzene rings is 2. The van der Waals surface area contributed by atoms with Gasteiger partial charge < -0.3 is 14.8 Å². The number of esters is 1. The molecule has 0 bridgehead atoms. The highest BCUT2D eigenvalue weighted by molar-refractivity contribution is 7.10. The summed E-state index contributed by atoms with van der Waals surface area (Å²) in [6, 6.07) is 15.9. The van der Waals surface area contributed by atoms with Crippen molar-refractivity contribution >= 4 is 23.2 Å². The lowest BCUT2D eigenvalue weighted by molar-refractivity contribution is -0.123. The number of thiophene rings is 1. The van der Waals surface area contributed by atoms with E-state index in [0.717, 1.165) is 10.4 Å². The second-order valence-corrected chi connectivity index (χ2v) is 6.82. The second-order valence-electron chi connectivity index (χ2n) is 5.84. The SMILES string of the molecule is COC(=O)c1ccccc1OCC(=O)N[C@@H](c1ccc(F)cc1)c1cccs1. The summed E-state index contributed by atoms with van der Waals surface area (Å²) in [4.78, 5) is 25.2. The van der Waals surface area contributed by atoms with Gasteiger partial charge in [-0.2, -0.15) is 0 Å². The molecule has 1 atom stereocenters. The van der Waals surface area contributed by atoms with Crippen LogP contribution in [0.4, 0.5) is 4.39 Å². The molecular formula is C21H18FNO4S. The zero-order valence-corrected chi connectivity index (χ0v) is 15.9. The average molecular weight is 399 g/mol. The lowest BCUT2D eigenvalue weighted by Crippen LogP contribution is -2.33. The fraction of sp³-hybridized carbons (Fsp3) is 0.143. The maximum Gasteiger partial charge on any atom is 0.341 e. The van der Waals surface area contributed by atoms with Gasteiger partial charge in [-0.05, 0) is 41.3 Å². The Labute approximate surface area is 165 Å². The number of para-hydroxylation sites is 1. The molecule has 0 saturated heterocycles. The third-order valence-electron chi connectivity index (χ3n) is 3.99. The molecule has 144 valence electrons. The van der Waals surface area contributed by atoms with Crippen molar-refractivity contribution in [1.82, 2.24) is 5.32 Å². The van der Waals surface area contributed by atoms with E-state index in [0.29, 0.717) is 0 Å². The van der Waals surface area contributed by atoms with Gasteiger partial charge >= 0.3 is 5.97 Å². The van der Waals surface area contributed by atoms with Crippen molar-refractivity contribution < 1.29 is 23.5 Å². The molecule has 1 amide bonds. The van der Waals surface area contributed by atoms with Gasteiger partial charge in [0.25, 0.3) is 5.91 Å². The lowest BCUT2D eigenvalue weighted by Gasteiger charge is -2.18. The average Bonchev–Trinajstić information content (AvgIpc) is 3.25. The summed E-state index contributed by atoms with van der Waals surface area (Å²) < 4.78 is 23.5. The second kappa shape index (κ2) is 9.14. The number of carbonyl (C=O) groups is 2. The molecule has 0 fully saturated rings. The van der Waals surface area contributed by atoms with Crippen molar-refractivity contribution in [2.75, 3.05) is 13.7 Å². The summed E-state index contributed by atoms with van der Waals surface area (Å²) in [7, 11) is 1.28. The van der Waals surface area contributed by atoms with Crippen molar-refractivity contribution in [3.63, 3.8) is 0 Å². The molecule has 0 saturated carbocycles. The van der Waals surface area contributed by atoms with E-state index in [-0.39, 0.29) is 29.6 Å².